The van der Waals surface area contributed by atoms with Gasteiger partial charge in [-0.25, -0.2) is 9.97 Å². The van der Waals surface area contributed by atoms with Gasteiger partial charge in [0.25, 0.3) is 0 Å². The molecule has 0 saturated heterocycles. The third kappa shape index (κ3) is 1.75. The molecule has 0 bridgehead atoms. The molecule has 0 aliphatic carbocycles. The van der Waals surface area contributed by atoms with Crippen molar-refractivity contribution in [3.63, 3.8) is 0 Å². The van der Waals surface area contributed by atoms with Gasteiger partial charge in [0.1, 0.15) is 6.33 Å². The predicted octanol–water partition coefficient (Wildman–Crippen LogP) is 2.77. The van der Waals surface area contributed by atoms with Gasteiger partial charge in [-0.05, 0) is 18.6 Å². The highest BCUT2D eigenvalue weighted by Gasteiger charge is 2.00. The Labute approximate surface area is 81.3 Å². The van der Waals surface area contributed by atoms with Crippen molar-refractivity contribution in [3.05, 3.63) is 35.7 Å². The summed E-state index contributed by atoms with van der Waals surface area (Å²) in [5.41, 5.74) is 1.10. The SMILES string of the molecule is CCc1ccc(-c2cncnc2)s1. The Bertz CT molecular complexity index is 381. The minimum Gasteiger partial charge on any atom is -0.244 e. The summed E-state index contributed by atoms with van der Waals surface area (Å²) in [6.45, 7) is 2.16. The lowest BCUT2D eigenvalue weighted by Gasteiger charge is -1.92. The lowest BCUT2D eigenvalue weighted by Crippen LogP contribution is -1.77. The topological polar surface area (TPSA) is 25.8 Å². The maximum Gasteiger partial charge on any atom is 0.115 e. The van der Waals surface area contributed by atoms with E-state index in [4.69, 9.17) is 0 Å². The van der Waals surface area contributed by atoms with E-state index in [1.807, 2.05) is 12.4 Å². The van der Waals surface area contributed by atoms with Crippen LogP contribution in [-0.4, -0.2) is 9.97 Å². The van der Waals surface area contributed by atoms with Gasteiger partial charge in [-0.1, -0.05) is 6.92 Å². The molecule has 0 radical (unpaired) electrons. The van der Waals surface area contributed by atoms with Crippen molar-refractivity contribution >= 4 is 11.3 Å². The van der Waals surface area contributed by atoms with Gasteiger partial charge in [-0.3, -0.25) is 0 Å². The van der Waals surface area contributed by atoms with Crippen molar-refractivity contribution in [1.29, 1.82) is 0 Å². The molecular formula is C10H10N2S. The quantitative estimate of drug-likeness (QED) is 0.727. The van der Waals surface area contributed by atoms with Crippen LogP contribution < -0.4 is 0 Å². The zero-order valence-corrected chi connectivity index (χ0v) is 8.21. The van der Waals surface area contributed by atoms with Gasteiger partial charge in [0.2, 0.25) is 0 Å². The molecule has 66 valence electrons. The van der Waals surface area contributed by atoms with E-state index in [1.54, 1.807) is 17.7 Å². The van der Waals surface area contributed by atoms with Crippen LogP contribution in [0.15, 0.2) is 30.9 Å². The maximum atomic E-state index is 3.99. The van der Waals surface area contributed by atoms with Crippen LogP contribution in [0.3, 0.4) is 0 Å². The Morgan fingerprint density at radius 2 is 2.00 bits per heavy atom. The summed E-state index contributed by atoms with van der Waals surface area (Å²) in [5.74, 6) is 0. The Balaban J connectivity index is 2.36. The molecule has 0 fully saturated rings. The molecule has 2 aromatic heterocycles. The molecule has 2 rings (SSSR count). The number of thiophene rings is 1. The van der Waals surface area contributed by atoms with Crippen molar-refractivity contribution in [3.8, 4) is 10.4 Å². The highest BCUT2D eigenvalue weighted by Crippen LogP contribution is 2.26. The average molecular weight is 190 g/mol. The first-order valence-corrected chi connectivity index (χ1v) is 5.06. The third-order valence-electron chi connectivity index (χ3n) is 1.86. The van der Waals surface area contributed by atoms with Crippen LogP contribution in [0.25, 0.3) is 10.4 Å². The van der Waals surface area contributed by atoms with E-state index >= 15 is 0 Å². The van der Waals surface area contributed by atoms with Gasteiger partial charge in [0.15, 0.2) is 0 Å². The van der Waals surface area contributed by atoms with Gasteiger partial charge >= 0.3 is 0 Å². The molecule has 3 heteroatoms. The first-order valence-electron chi connectivity index (χ1n) is 4.24. The molecule has 0 aliphatic heterocycles. The molecule has 0 N–H and O–H groups in total. The normalized spacial score (nSPS) is 10.2. The number of aryl methyl sites for hydroxylation is 1. The molecule has 0 spiro atoms. The van der Waals surface area contributed by atoms with Gasteiger partial charge < -0.3 is 0 Å². The molecular weight excluding hydrogens is 180 g/mol. The van der Waals surface area contributed by atoms with E-state index < -0.39 is 0 Å². The summed E-state index contributed by atoms with van der Waals surface area (Å²) < 4.78 is 0. The molecule has 0 aromatic carbocycles. The molecule has 13 heavy (non-hydrogen) atoms. The van der Waals surface area contributed by atoms with E-state index in [2.05, 4.69) is 29.0 Å². The number of aromatic nitrogens is 2. The highest BCUT2D eigenvalue weighted by molar-refractivity contribution is 7.15. The summed E-state index contributed by atoms with van der Waals surface area (Å²) >= 11 is 1.81. The van der Waals surface area contributed by atoms with Crippen molar-refractivity contribution in [2.45, 2.75) is 13.3 Å². The monoisotopic (exact) mass is 190 g/mol. The van der Waals surface area contributed by atoms with Crippen LogP contribution in [0, 0.1) is 0 Å². The second kappa shape index (κ2) is 3.66. The molecule has 0 atom stereocenters. The molecule has 0 aliphatic rings. The van der Waals surface area contributed by atoms with Gasteiger partial charge in [0, 0.05) is 27.7 Å². The van der Waals surface area contributed by atoms with E-state index in [0.29, 0.717) is 0 Å². The third-order valence-corrected chi connectivity index (χ3v) is 3.13. The van der Waals surface area contributed by atoms with Crippen LogP contribution in [0.5, 0.6) is 0 Å². The minimum atomic E-state index is 1.10. The van der Waals surface area contributed by atoms with E-state index in [1.165, 1.54) is 9.75 Å². The number of hydrogen-bond donors (Lipinski definition) is 0. The van der Waals surface area contributed by atoms with Crippen LogP contribution >= 0.6 is 11.3 Å². The van der Waals surface area contributed by atoms with Crippen LogP contribution in [0.1, 0.15) is 11.8 Å². The largest absolute Gasteiger partial charge is 0.244 e. The second-order valence-corrected chi connectivity index (χ2v) is 3.91. The lowest BCUT2D eigenvalue weighted by molar-refractivity contribution is 1.17. The van der Waals surface area contributed by atoms with Crippen LogP contribution in [0.4, 0.5) is 0 Å². The van der Waals surface area contributed by atoms with Crippen molar-refractivity contribution in [2.75, 3.05) is 0 Å². The van der Waals surface area contributed by atoms with Crippen molar-refractivity contribution in [2.24, 2.45) is 0 Å². The lowest BCUT2D eigenvalue weighted by atomic mass is 10.3. The fourth-order valence-electron chi connectivity index (χ4n) is 1.15. The van der Waals surface area contributed by atoms with Gasteiger partial charge in [-0.2, -0.15) is 0 Å². The molecule has 2 nitrogen and oxygen atoms in total. The average Bonchev–Trinajstić information content (AvgIpc) is 2.67. The zero-order valence-electron chi connectivity index (χ0n) is 7.40. The zero-order chi connectivity index (χ0) is 9.10. The fourth-order valence-corrected chi connectivity index (χ4v) is 2.07. The summed E-state index contributed by atoms with van der Waals surface area (Å²) in [6, 6.07) is 4.29. The summed E-state index contributed by atoms with van der Waals surface area (Å²) in [6.07, 6.45) is 6.34. The van der Waals surface area contributed by atoms with E-state index in [0.717, 1.165) is 12.0 Å². The van der Waals surface area contributed by atoms with Gasteiger partial charge in [0.05, 0.1) is 0 Å². The van der Waals surface area contributed by atoms with Crippen molar-refractivity contribution in [1.82, 2.24) is 9.97 Å². The fraction of sp³-hybridized carbons (Fsp3) is 0.200. The van der Waals surface area contributed by atoms with Crippen LogP contribution in [0.2, 0.25) is 0 Å². The van der Waals surface area contributed by atoms with Crippen LogP contribution in [-0.2, 0) is 6.42 Å². The summed E-state index contributed by atoms with van der Waals surface area (Å²) in [7, 11) is 0. The Hall–Kier alpha value is -1.22. The molecule has 0 unspecified atom stereocenters. The number of rotatable bonds is 2. The number of hydrogen-bond acceptors (Lipinski definition) is 3. The smallest absolute Gasteiger partial charge is 0.115 e. The first-order chi connectivity index (χ1) is 6.40. The standard InChI is InChI=1S/C10H10N2S/c1-2-9-3-4-10(13-9)8-5-11-7-12-6-8/h3-7H,2H2,1H3. The Morgan fingerprint density at radius 1 is 1.23 bits per heavy atom. The highest BCUT2D eigenvalue weighted by atomic mass is 32.1. The van der Waals surface area contributed by atoms with Gasteiger partial charge in [-0.15, -0.1) is 11.3 Å². The second-order valence-electron chi connectivity index (χ2n) is 2.75. The Morgan fingerprint density at radius 3 is 2.62 bits per heavy atom. The van der Waals surface area contributed by atoms with E-state index in [-0.39, 0.29) is 0 Å². The predicted molar refractivity (Wildman–Crippen MR) is 54.7 cm³/mol. The number of nitrogens with zero attached hydrogens (tertiary/aromatic N) is 2. The van der Waals surface area contributed by atoms with E-state index in [9.17, 15) is 0 Å². The molecule has 2 heterocycles. The summed E-state index contributed by atoms with van der Waals surface area (Å²) in [4.78, 5) is 10.6. The minimum absolute atomic E-state index is 1.10. The molecule has 0 saturated carbocycles. The molecule has 0 amide bonds. The first kappa shape index (κ1) is 8.38. The molecule has 2 aromatic rings. The van der Waals surface area contributed by atoms with Crippen molar-refractivity contribution < 1.29 is 0 Å². The Kier molecular flexibility index (Phi) is 2.36. The maximum absolute atomic E-state index is 3.99. The summed E-state index contributed by atoms with van der Waals surface area (Å²) in [5, 5.41) is 0.